The SMILES string of the molecule is CCCCc1ccc(-c2ccc(-n3cncc3C(=O)NC3CC(C)CC(C)(C)C3)cc2)cc1. The van der Waals surface area contributed by atoms with E-state index in [1.807, 2.05) is 4.57 Å². The number of aryl methyl sites for hydroxylation is 1. The van der Waals surface area contributed by atoms with E-state index < -0.39 is 0 Å². The molecule has 0 radical (unpaired) electrons. The number of aromatic nitrogens is 2. The van der Waals surface area contributed by atoms with Crippen LogP contribution in [0.1, 0.15) is 75.9 Å². The van der Waals surface area contributed by atoms with Gasteiger partial charge in [0, 0.05) is 11.7 Å². The van der Waals surface area contributed by atoms with E-state index in [1.165, 1.54) is 36.0 Å². The van der Waals surface area contributed by atoms with E-state index in [1.54, 1.807) is 12.5 Å². The number of amides is 1. The van der Waals surface area contributed by atoms with Gasteiger partial charge in [-0.15, -0.1) is 0 Å². The summed E-state index contributed by atoms with van der Waals surface area (Å²) in [7, 11) is 0. The summed E-state index contributed by atoms with van der Waals surface area (Å²) >= 11 is 0. The van der Waals surface area contributed by atoms with Gasteiger partial charge in [-0.2, -0.15) is 0 Å². The van der Waals surface area contributed by atoms with Crippen molar-refractivity contribution in [2.45, 2.75) is 72.3 Å². The zero-order valence-electron chi connectivity index (χ0n) is 20.5. The quantitative estimate of drug-likeness (QED) is 0.435. The molecule has 2 aromatic carbocycles. The second kappa shape index (κ2) is 9.94. The van der Waals surface area contributed by atoms with Crippen molar-refractivity contribution in [3.05, 3.63) is 72.3 Å². The van der Waals surface area contributed by atoms with Crippen molar-refractivity contribution in [1.29, 1.82) is 0 Å². The van der Waals surface area contributed by atoms with Crippen LogP contribution in [-0.4, -0.2) is 21.5 Å². The Bertz CT molecular complexity index is 1060. The van der Waals surface area contributed by atoms with Crippen molar-refractivity contribution in [2.75, 3.05) is 0 Å². The highest BCUT2D eigenvalue weighted by atomic mass is 16.2. The van der Waals surface area contributed by atoms with Gasteiger partial charge in [0.15, 0.2) is 0 Å². The summed E-state index contributed by atoms with van der Waals surface area (Å²) < 4.78 is 1.88. The van der Waals surface area contributed by atoms with Gasteiger partial charge in [0.25, 0.3) is 5.91 Å². The van der Waals surface area contributed by atoms with Gasteiger partial charge in [-0.3, -0.25) is 9.36 Å². The summed E-state index contributed by atoms with van der Waals surface area (Å²) in [4.78, 5) is 17.4. The van der Waals surface area contributed by atoms with Crippen LogP contribution in [-0.2, 0) is 6.42 Å². The molecule has 1 heterocycles. The zero-order chi connectivity index (χ0) is 23.4. The first kappa shape index (κ1) is 23.3. The highest BCUT2D eigenvalue weighted by Crippen LogP contribution is 2.38. The molecule has 1 aliphatic carbocycles. The van der Waals surface area contributed by atoms with Crippen LogP contribution in [0.25, 0.3) is 16.8 Å². The Morgan fingerprint density at radius 3 is 2.36 bits per heavy atom. The second-order valence-electron chi connectivity index (χ2n) is 10.6. The molecule has 0 aliphatic heterocycles. The topological polar surface area (TPSA) is 46.9 Å². The largest absolute Gasteiger partial charge is 0.348 e. The molecule has 3 aromatic rings. The zero-order valence-corrected chi connectivity index (χ0v) is 20.5. The third kappa shape index (κ3) is 5.73. The number of carbonyl (C=O) groups excluding carboxylic acids is 1. The predicted molar refractivity (Wildman–Crippen MR) is 136 cm³/mol. The van der Waals surface area contributed by atoms with Gasteiger partial charge in [-0.1, -0.05) is 70.5 Å². The van der Waals surface area contributed by atoms with E-state index in [9.17, 15) is 4.79 Å². The van der Waals surface area contributed by atoms with Crippen LogP contribution in [0.5, 0.6) is 0 Å². The van der Waals surface area contributed by atoms with Crippen LogP contribution in [0.3, 0.4) is 0 Å². The van der Waals surface area contributed by atoms with E-state index in [0.717, 1.165) is 24.9 Å². The van der Waals surface area contributed by atoms with E-state index in [0.29, 0.717) is 11.6 Å². The molecule has 174 valence electrons. The Hall–Kier alpha value is -2.88. The fourth-order valence-corrected chi connectivity index (χ4v) is 5.44. The summed E-state index contributed by atoms with van der Waals surface area (Å²) in [6.45, 7) is 9.10. The third-order valence-electron chi connectivity index (χ3n) is 6.85. The predicted octanol–water partition coefficient (Wildman–Crippen LogP) is 6.83. The minimum absolute atomic E-state index is 0.0471. The second-order valence-corrected chi connectivity index (χ2v) is 10.6. The highest BCUT2D eigenvalue weighted by Gasteiger charge is 2.33. The molecule has 2 unspecified atom stereocenters. The molecule has 1 aliphatic rings. The van der Waals surface area contributed by atoms with Crippen LogP contribution in [0.4, 0.5) is 0 Å². The first-order valence-corrected chi connectivity index (χ1v) is 12.4. The van der Waals surface area contributed by atoms with E-state index >= 15 is 0 Å². The maximum atomic E-state index is 13.1. The molecule has 1 aromatic heterocycles. The number of unbranched alkanes of at least 4 members (excludes halogenated alkanes) is 1. The Labute approximate surface area is 198 Å². The summed E-state index contributed by atoms with van der Waals surface area (Å²) in [5, 5.41) is 3.27. The van der Waals surface area contributed by atoms with Crippen LogP contribution >= 0.6 is 0 Å². The van der Waals surface area contributed by atoms with Crippen molar-refractivity contribution < 1.29 is 4.79 Å². The fraction of sp³-hybridized carbons (Fsp3) is 0.448. The summed E-state index contributed by atoms with van der Waals surface area (Å²) in [6, 6.07) is 17.4. The van der Waals surface area contributed by atoms with E-state index in [-0.39, 0.29) is 17.4 Å². The smallest absolute Gasteiger partial charge is 0.270 e. The average Bonchev–Trinajstić information content (AvgIpc) is 3.27. The van der Waals surface area contributed by atoms with Gasteiger partial charge < -0.3 is 5.32 Å². The number of benzene rings is 2. The van der Waals surface area contributed by atoms with Crippen LogP contribution < -0.4 is 5.32 Å². The van der Waals surface area contributed by atoms with Gasteiger partial charge in [0.1, 0.15) is 5.69 Å². The average molecular weight is 444 g/mol. The minimum atomic E-state index is -0.0471. The van der Waals surface area contributed by atoms with Gasteiger partial charge >= 0.3 is 0 Å². The Morgan fingerprint density at radius 1 is 1.06 bits per heavy atom. The van der Waals surface area contributed by atoms with Crippen molar-refractivity contribution in [1.82, 2.24) is 14.9 Å². The van der Waals surface area contributed by atoms with Gasteiger partial charge in [-0.25, -0.2) is 4.98 Å². The molecule has 1 fully saturated rings. The number of nitrogens with zero attached hydrogens (tertiary/aromatic N) is 2. The first-order chi connectivity index (χ1) is 15.8. The van der Waals surface area contributed by atoms with Gasteiger partial charge in [0.2, 0.25) is 0 Å². The number of rotatable bonds is 7. The number of carbonyl (C=O) groups is 1. The van der Waals surface area contributed by atoms with Crippen molar-refractivity contribution in [3.8, 4) is 16.8 Å². The summed E-state index contributed by atoms with van der Waals surface area (Å²) in [5.41, 5.74) is 5.56. The van der Waals surface area contributed by atoms with Gasteiger partial charge in [0.05, 0.1) is 12.5 Å². The van der Waals surface area contributed by atoms with E-state index in [2.05, 4.69) is 86.5 Å². The number of imidazole rings is 1. The lowest BCUT2D eigenvalue weighted by molar-refractivity contribution is 0.0867. The lowest BCUT2D eigenvalue weighted by Crippen LogP contribution is -2.43. The molecular weight excluding hydrogens is 406 g/mol. The summed E-state index contributed by atoms with van der Waals surface area (Å²) in [6.07, 6.45) is 10.2. The molecule has 0 spiro atoms. The summed E-state index contributed by atoms with van der Waals surface area (Å²) in [5.74, 6) is 0.575. The monoisotopic (exact) mass is 443 g/mol. The number of hydrogen-bond donors (Lipinski definition) is 1. The molecule has 4 rings (SSSR count). The molecule has 0 bridgehead atoms. The molecule has 4 nitrogen and oxygen atoms in total. The maximum Gasteiger partial charge on any atom is 0.270 e. The van der Waals surface area contributed by atoms with Crippen LogP contribution in [0.15, 0.2) is 61.1 Å². The molecular formula is C29H37N3O. The molecule has 1 saturated carbocycles. The Balaban J connectivity index is 1.46. The molecule has 2 atom stereocenters. The number of nitrogens with one attached hydrogen (secondary N) is 1. The maximum absolute atomic E-state index is 13.1. The normalized spacial score (nSPS) is 19.9. The minimum Gasteiger partial charge on any atom is -0.348 e. The van der Waals surface area contributed by atoms with Crippen LogP contribution in [0, 0.1) is 11.3 Å². The lowest BCUT2D eigenvalue weighted by atomic mass is 9.70. The fourth-order valence-electron chi connectivity index (χ4n) is 5.44. The van der Waals surface area contributed by atoms with E-state index in [4.69, 9.17) is 0 Å². The van der Waals surface area contributed by atoms with Gasteiger partial charge in [-0.05, 0) is 72.3 Å². The molecule has 0 saturated heterocycles. The van der Waals surface area contributed by atoms with Crippen molar-refractivity contribution in [2.24, 2.45) is 11.3 Å². The Kier molecular flexibility index (Phi) is 7.02. The lowest BCUT2D eigenvalue weighted by Gasteiger charge is -2.39. The van der Waals surface area contributed by atoms with Crippen molar-refractivity contribution >= 4 is 5.91 Å². The molecule has 4 heteroatoms. The first-order valence-electron chi connectivity index (χ1n) is 12.4. The van der Waals surface area contributed by atoms with Crippen LogP contribution in [0.2, 0.25) is 0 Å². The molecule has 33 heavy (non-hydrogen) atoms. The number of hydrogen-bond acceptors (Lipinski definition) is 2. The Morgan fingerprint density at radius 2 is 1.73 bits per heavy atom. The molecule has 1 amide bonds. The third-order valence-corrected chi connectivity index (χ3v) is 6.85. The molecule has 1 N–H and O–H groups in total. The van der Waals surface area contributed by atoms with Crippen molar-refractivity contribution in [3.63, 3.8) is 0 Å². The highest BCUT2D eigenvalue weighted by molar-refractivity contribution is 5.93. The standard InChI is InChI=1S/C29H37N3O/c1-5-6-7-22-8-10-23(11-9-22)24-12-14-26(15-13-24)32-20-30-19-27(32)28(33)31-25-16-21(2)17-29(3,4)18-25/h8-15,19-21,25H,5-7,16-18H2,1-4H3,(H,31,33).